The molecule has 6 heteroatoms. The largest absolute Gasteiger partial charge is 0.497 e. The Morgan fingerprint density at radius 3 is 2.33 bits per heavy atom. The van der Waals surface area contributed by atoms with E-state index < -0.39 is 5.97 Å². The molecule has 4 rings (SSSR count). The predicted octanol–water partition coefficient (Wildman–Crippen LogP) is 5.09. The summed E-state index contributed by atoms with van der Waals surface area (Å²) in [5.41, 5.74) is 2.71. The van der Waals surface area contributed by atoms with Gasteiger partial charge in [-0.1, -0.05) is 24.3 Å². The van der Waals surface area contributed by atoms with E-state index in [1.54, 1.807) is 37.5 Å². The summed E-state index contributed by atoms with van der Waals surface area (Å²) in [5.74, 6) is 1.33. The summed E-state index contributed by atoms with van der Waals surface area (Å²) in [6.07, 6.45) is 1.77. The van der Waals surface area contributed by atoms with Gasteiger partial charge < -0.3 is 18.9 Å². The van der Waals surface area contributed by atoms with E-state index in [1.807, 2.05) is 24.3 Å². The number of benzene rings is 3. The first-order chi connectivity index (χ1) is 14.6. The van der Waals surface area contributed by atoms with E-state index in [4.69, 9.17) is 18.9 Å². The van der Waals surface area contributed by atoms with Gasteiger partial charge in [0.25, 0.3) is 0 Å². The number of methoxy groups -OCH3 is 2. The fraction of sp³-hybridized carbons (Fsp3) is 0.125. The number of hydrogen-bond acceptors (Lipinski definition) is 5. The summed E-state index contributed by atoms with van der Waals surface area (Å²) < 4.78 is 34.7. The van der Waals surface area contributed by atoms with E-state index >= 15 is 0 Å². The number of fused-ring (bicyclic) bond motifs is 1. The number of hydrogen-bond donors (Lipinski definition) is 0. The van der Waals surface area contributed by atoms with E-state index in [0.717, 1.165) is 11.1 Å². The molecule has 0 bridgehead atoms. The van der Waals surface area contributed by atoms with Crippen molar-refractivity contribution in [3.63, 3.8) is 0 Å². The Labute approximate surface area is 173 Å². The molecule has 0 atom stereocenters. The van der Waals surface area contributed by atoms with Crippen molar-refractivity contribution in [3.8, 4) is 17.2 Å². The number of carbonyl (C=O) groups excluding carboxylic acids is 1. The lowest BCUT2D eigenvalue weighted by Gasteiger charge is -2.08. The lowest BCUT2D eigenvalue weighted by molar-refractivity contribution is 0.0714. The maximum atomic E-state index is 13.0. The molecule has 0 amide bonds. The second-order valence-corrected chi connectivity index (χ2v) is 6.63. The highest BCUT2D eigenvalue weighted by Crippen LogP contribution is 2.40. The molecular weight excluding hydrogens is 387 g/mol. The number of cyclic esters (lactones) is 1. The van der Waals surface area contributed by atoms with Gasteiger partial charge in [0.2, 0.25) is 0 Å². The average Bonchev–Trinajstić information content (AvgIpc) is 3.09. The third-order valence-corrected chi connectivity index (χ3v) is 4.70. The highest BCUT2D eigenvalue weighted by atomic mass is 19.1. The van der Waals surface area contributed by atoms with Gasteiger partial charge in [0, 0.05) is 11.6 Å². The van der Waals surface area contributed by atoms with Crippen molar-refractivity contribution in [1.29, 1.82) is 0 Å². The first-order valence-corrected chi connectivity index (χ1v) is 9.25. The van der Waals surface area contributed by atoms with Gasteiger partial charge in [0.05, 0.1) is 14.2 Å². The zero-order valence-electron chi connectivity index (χ0n) is 16.5. The minimum absolute atomic E-state index is 0.277. The molecule has 0 fully saturated rings. The number of halogens is 1. The van der Waals surface area contributed by atoms with Crippen molar-refractivity contribution in [3.05, 3.63) is 88.7 Å². The minimum Gasteiger partial charge on any atom is -0.497 e. The second-order valence-electron chi connectivity index (χ2n) is 6.63. The van der Waals surface area contributed by atoms with Crippen LogP contribution in [0, 0.1) is 5.82 Å². The normalized spacial score (nSPS) is 13.7. The van der Waals surface area contributed by atoms with Crippen LogP contribution in [0.25, 0.3) is 11.8 Å². The molecule has 1 aliphatic heterocycles. The van der Waals surface area contributed by atoms with Gasteiger partial charge >= 0.3 is 5.97 Å². The Kier molecular flexibility index (Phi) is 5.39. The van der Waals surface area contributed by atoms with Crippen molar-refractivity contribution in [1.82, 2.24) is 0 Å². The quantitative estimate of drug-likeness (QED) is 0.534. The Bertz CT molecular complexity index is 1100. The Morgan fingerprint density at radius 2 is 1.67 bits per heavy atom. The van der Waals surface area contributed by atoms with Gasteiger partial charge in [0.15, 0.2) is 0 Å². The summed E-state index contributed by atoms with van der Waals surface area (Å²) in [5, 5.41) is 0. The molecule has 0 aliphatic carbocycles. The predicted molar refractivity (Wildman–Crippen MR) is 110 cm³/mol. The molecule has 0 spiro atoms. The number of esters is 1. The van der Waals surface area contributed by atoms with Crippen LogP contribution in [0.2, 0.25) is 0 Å². The van der Waals surface area contributed by atoms with Crippen LogP contribution >= 0.6 is 0 Å². The second kappa shape index (κ2) is 8.29. The van der Waals surface area contributed by atoms with Crippen molar-refractivity contribution in [2.24, 2.45) is 0 Å². The van der Waals surface area contributed by atoms with E-state index in [0.29, 0.717) is 40.7 Å². The third kappa shape index (κ3) is 3.98. The molecule has 1 aliphatic rings. The molecule has 3 aromatic rings. The zero-order valence-corrected chi connectivity index (χ0v) is 16.5. The minimum atomic E-state index is -0.463. The smallest absolute Gasteiger partial charge is 0.348 e. The van der Waals surface area contributed by atoms with Gasteiger partial charge in [-0.3, -0.25) is 0 Å². The Morgan fingerprint density at radius 1 is 0.933 bits per heavy atom. The number of ether oxygens (including phenoxy) is 4. The fourth-order valence-electron chi connectivity index (χ4n) is 3.15. The van der Waals surface area contributed by atoms with E-state index in [1.165, 1.54) is 19.2 Å². The molecule has 30 heavy (non-hydrogen) atoms. The monoisotopic (exact) mass is 406 g/mol. The van der Waals surface area contributed by atoms with Gasteiger partial charge in [0.1, 0.15) is 41.0 Å². The maximum absolute atomic E-state index is 13.0. The maximum Gasteiger partial charge on any atom is 0.348 e. The fourth-order valence-corrected chi connectivity index (χ4v) is 3.15. The standard InChI is InChI=1S/C24H19FO5/c1-27-19-12-20-21(30-24(26)23(20)22(13-19)28-2)11-15-5-9-18(10-6-15)29-14-16-3-7-17(25)8-4-16/h3-13H,14H2,1-2H3/b21-11-. The molecule has 5 nitrogen and oxygen atoms in total. The van der Waals surface area contributed by atoms with Crippen molar-refractivity contribution < 1.29 is 28.1 Å². The first-order valence-electron chi connectivity index (χ1n) is 9.25. The molecule has 0 aromatic heterocycles. The van der Waals surface area contributed by atoms with E-state index in [2.05, 4.69) is 0 Å². The Hall–Kier alpha value is -3.80. The van der Waals surface area contributed by atoms with Crippen LogP contribution in [0.1, 0.15) is 27.0 Å². The average molecular weight is 406 g/mol. The van der Waals surface area contributed by atoms with Crippen molar-refractivity contribution in [2.45, 2.75) is 6.61 Å². The summed E-state index contributed by atoms with van der Waals surface area (Å²) in [6, 6.07) is 16.9. The van der Waals surface area contributed by atoms with E-state index in [-0.39, 0.29) is 5.82 Å². The molecule has 0 radical (unpaired) electrons. The molecule has 152 valence electrons. The van der Waals surface area contributed by atoms with Crippen LogP contribution in [-0.4, -0.2) is 20.2 Å². The Balaban J connectivity index is 1.53. The van der Waals surface area contributed by atoms with Crippen LogP contribution < -0.4 is 14.2 Å². The van der Waals surface area contributed by atoms with Crippen LogP contribution in [0.3, 0.4) is 0 Å². The highest BCUT2D eigenvalue weighted by Gasteiger charge is 2.31. The first kappa shape index (κ1) is 19.5. The van der Waals surface area contributed by atoms with Crippen LogP contribution in [-0.2, 0) is 11.3 Å². The van der Waals surface area contributed by atoms with Crippen molar-refractivity contribution in [2.75, 3.05) is 14.2 Å². The van der Waals surface area contributed by atoms with E-state index in [9.17, 15) is 9.18 Å². The molecule has 0 unspecified atom stereocenters. The van der Waals surface area contributed by atoms with Gasteiger partial charge in [-0.05, 0) is 47.5 Å². The molecule has 1 heterocycles. The number of rotatable bonds is 6. The van der Waals surface area contributed by atoms with Crippen molar-refractivity contribution >= 4 is 17.8 Å². The lowest BCUT2D eigenvalue weighted by atomic mass is 10.0. The van der Waals surface area contributed by atoms with Crippen LogP contribution in [0.5, 0.6) is 17.2 Å². The zero-order chi connectivity index (χ0) is 21.1. The third-order valence-electron chi connectivity index (χ3n) is 4.70. The van der Waals surface area contributed by atoms with Gasteiger partial charge in [-0.2, -0.15) is 0 Å². The topological polar surface area (TPSA) is 54.0 Å². The van der Waals surface area contributed by atoms with Crippen LogP contribution in [0.4, 0.5) is 4.39 Å². The summed E-state index contributed by atoms with van der Waals surface area (Å²) in [4.78, 5) is 12.3. The highest BCUT2D eigenvalue weighted by molar-refractivity contribution is 6.08. The molecule has 3 aromatic carbocycles. The lowest BCUT2D eigenvalue weighted by Crippen LogP contribution is -1.99. The summed E-state index contributed by atoms with van der Waals surface area (Å²) in [6.45, 7) is 0.339. The summed E-state index contributed by atoms with van der Waals surface area (Å²) in [7, 11) is 3.04. The molecule has 0 saturated heterocycles. The summed E-state index contributed by atoms with van der Waals surface area (Å²) >= 11 is 0. The SMILES string of the molecule is COc1cc(OC)c2c(c1)/C(=C/c1ccc(OCc3ccc(F)cc3)cc1)OC2=O. The molecule has 0 N–H and O–H groups in total. The number of carbonyl (C=O) groups is 1. The van der Waals surface area contributed by atoms with Gasteiger partial charge in [-0.25, -0.2) is 9.18 Å². The molecule has 0 saturated carbocycles. The van der Waals surface area contributed by atoms with Gasteiger partial charge in [-0.15, -0.1) is 0 Å². The van der Waals surface area contributed by atoms with Crippen LogP contribution in [0.15, 0.2) is 60.7 Å². The molecular formula is C24H19FO5.